The maximum Gasteiger partial charge on any atom is 0.139 e. The van der Waals surface area contributed by atoms with Crippen LogP contribution in [-0.4, -0.2) is 17.3 Å². The average molecular weight is 187 g/mol. The Bertz CT molecular complexity index is 277. The van der Waals surface area contributed by atoms with Crippen LogP contribution >= 0.6 is 23.4 Å². The van der Waals surface area contributed by atoms with Gasteiger partial charge in [-0.05, 0) is 6.07 Å². The predicted molar refractivity (Wildman–Crippen MR) is 48.5 cm³/mol. The Morgan fingerprint density at radius 1 is 1.64 bits per heavy atom. The van der Waals surface area contributed by atoms with Crippen molar-refractivity contribution in [1.29, 1.82) is 0 Å². The van der Waals surface area contributed by atoms with Gasteiger partial charge in [0.15, 0.2) is 0 Å². The molecule has 0 fully saturated rings. The van der Waals surface area contributed by atoms with Crippen LogP contribution in [0.3, 0.4) is 0 Å². The summed E-state index contributed by atoms with van der Waals surface area (Å²) < 4.78 is 0. The molecule has 2 nitrogen and oxygen atoms in total. The molecule has 1 aromatic rings. The van der Waals surface area contributed by atoms with Crippen molar-refractivity contribution < 1.29 is 0 Å². The van der Waals surface area contributed by atoms with Gasteiger partial charge in [-0.15, -0.1) is 11.8 Å². The Morgan fingerprint density at radius 2 is 2.55 bits per heavy atom. The third-order valence-electron chi connectivity index (χ3n) is 1.47. The molecule has 2 heterocycles. The number of fused-ring (bicyclic) bond motifs is 1. The van der Waals surface area contributed by atoms with Crippen molar-refractivity contribution in [2.45, 2.75) is 4.90 Å². The molecular weight excluding hydrogens is 180 g/mol. The summed E-state index contributed by atoms with van der Waals surface area (Å²) in [4.78, 5) is 5.31. The first-order valence-electron chi connectivity index (χ1n) is 3.38. The van der Waals surface area contributed by atoms with Crippen LogP contribution in [0.4, 0.5) is 5.82 Å². The fourth-order valence-electron chi connectivity index (χ4n) is 0.994. The van der Waals surface area contributed by atoms with Crippen LogP contribution in [0.15, 0.2) is 17.2 Å². The summed E-state index contributed by atoms with van der Waals surface area (Å²) in [6, 6.07) is 1.95. The highest BCUT2D eigenvalue weighted by molar-refractivity contribution is 7.99. The van der Waals surface area contributed by atoms with Gasteiger partial charge < -0.3 is 5.32 Å². The fourth-order valence-corrected chi connectivity index (χ4v) is 2.11. The summed E-state index contributed by atoms with van der Waals surface area (Å²) in [6.45, 7) is 0.992. The lowest BCUT2D eigenvalue weighted by Crippen LogP contribution is -2.11. The lowest BCUT2D eigenvalue weighted by atomic mass is 10.4. The van der Waals surface area contributed by atoms with Crippen LogP contribution in [0.2, 0.25) is 5.02 Å². The maximum absolute atomic E-state index is 5.77. The third kappa shape index (κ3) is 1.44. The molecule has 11 heavy (non-hydrogen) atoms. The van der Waals surface area contributed by atoms with E-state index in [1.165, 1.54) is 0 Å². The van der Waals surface area contributed by atoms with Crippen LogP contribution in [0.25, 0.3) is 0 Å². The SMILES string of the molecule is Clc1cnc2c(c1)SCCN2. The zero-order valence-electron chi connectivity index (χ0n) is 5.80. The number of hydrogen-bond acceptors (Lipinski definition) is 3. The third-order valence-corrected chi connectivity index (χ3v) is 2.71. The summed E-state index contributed by atoms with van der Waals surface area (Å²) in [5.41, 5.74) is 0. The minimum absolute atomic E-state index is 0.708. The first-order valence-corrected chi connectivity index (χ1v) is 4.75. The van der Waals surface area contributed by atoms with Gasteiger partial charge in [-0.3, -0.25) is 0 Å². The molecule has 0 bridgehead atoms. The number of nitrogens with zero attached hydrogens (tertiary/aromatic N) is 1. The molecule has 1 aromatic heterocycles. The average Bonchev–Trinajstić information content (AvgIpc) is 2.04. The molecule has 2 rings (SSSR count). The first-order chi connectivity index (χ1) is 5.36. The van der Waals surface area contributed by atoms with Gasteiger partial charge in [0, 0.05) is 18.5 Å². The highest BCUT2D eigenvalue weighted by atomic mass is 35.5. The van der Waals surface area contributed by atoms with Gasteiger partial charge in [-0.1, -0.05) is 11.6 Å². The summed E-state index contributed by atoms with van der Waals surface area (Å²) in [7, 11) is 0. The van der Waals surface area contributed by atoms with E-state index in [9.17, 15) is 0 Å². The Morgan fingerprint density at radius 3 is 3.45 bits per heavy atom. The van der Waals surface area contributed by atoms with Gasteiger partial charge in [-0.2, -0.15) is 0 Å². The van der Waals surface area contributed by atoms with Crippen LogP contribution in [0, 0.1) is 0 Å². The molecule has 0 amide bonds. The highest BCUT2D eigenvalue weighted by Gasteiger charge is 2.09. The summed E-state index contributed by atoms with van der Waals surface area (Å²) in [5.74, 6) is 2.06. The second-order valence-corrected chi connectivity index (χ2v) is 3.85. The standard InChI is InChI=1S/C7H7ClN2S/c8-5-3-6-7(10-4-5)9-1-2-11-6/h3-4H,1-2H2,(H,9,10). The Balaban J connectivity index is 2.43. The smallest absolute Gasteiger partial charge is 0.139 e. The molecule has 0 saturated heterocycles. The monoisotopic (exact) mass is 186 g/mol. The summed E-state index contributed by atoms with van der Waals surface area (Å²) >= 11 is 7.57. The van der Waals surface area contributed by atoms with E-state index in [4.69, 9.17) is 11.6 Å². The number of nitrogens with one attached hydrogen (secondary N) is 1. The van der Waals surface area contributed by atoms with E-state index in [2.05, 4.69) is 10.3 Å². The molecule has 0 radical (unpaired) electrons. The van der Waals surface area contributed by atoms with E-state index in [0.29, 0.717) is 5.02 Å². The Labute approximate surface area is 74.4 Å². The van der Waals surface area contributed by atoms with Crippen molar-refractivity contribution in [1.82, 2.24) is 4.98 Å². The van der Waals surface area contributed by atoms with E-state index in [-0.39, 0.29) is 0 Å². The number of rotatable bonds is 0. The van der Waals surface area contributed by atoms with Gasteiger partial charge in [0.05, 0.1) is 9.92 Å². The van der Waals surface area contributed by atoms with E-state index in [0.717, 1.165) is 23.0 Å². The number of halogens is 1. The molecule has 0 atom stereocenters. The largest absolute Gasteiger partial charge is 0.368 e. The van der Waals surface area contributed by atoms with E-state index in [1.807, 2.05) is 6.07 Å². The van der Waals surface area contributed by atoms with Gasteiger partial charge in [0.25, 0.3) is 0 Å². The van der Waals surface area contributed by atoms with E-state index in [1.54, 1.807) is 18.0 Å². The van der Waals surface area contributed by atoms with Crippen molar-refractivity contribution in [2.24, 2.45) is 0 Å². The van der Waals surface area contributed by atoms with Crippen LogP contribution in [0.1, 0.15) is 0 Å². The Hall–Kier alpha value is -0.410. The number of hydrogen-bond donors (Lipinski definition) is 1. The maximum atomic E-state index is 5.77. The molecule has 0 spiro atoms. The molecule has 4 heteroatoms. The Kier molecular flexibility index (Phi) is 1.92. The molecule has 0 saturated carbocycles. The number of thioether (sulfide) groups is 1. The molecule has 0 aromatic carbocycles. The van der Waals surface area contributed by atoms with Gasteiger partial charge in [-0.25, -0.2) is 4.98 Å². The second-order valence-electron chi connectivity index (χ2n) is 2.28. The van der Waals surface area contributed by atoms with Crippen molar-refractivity contribution in [3.05, 3.63) is 17.3 Å². The zero-order chi connectivity index (χ0) is 7.68. The van der Waals surface area contributed by atoms with Crippen molar-refractivity contribution in [3.8, 4) is 0 Å². The molecule has 0 aliphatic carbocycles. The van der Waals surface area contributed by atoms with Crippen LogP contribution < -0.4 is 5.32 Å². The second kappa shape index (κ2) is 2.91. The van der Waals surface area contributed by atoms with Crippen molar-refractivity contribution >= 4 is 29.2 Å². The highest BCUT2D eigenvalue weighted by Crippen LogP contribution is 2.30. The van der Waals surface area contributed by atoms with Crippen molar-refractivity contribution in [2.75, 3.05) is 17.6 Å². The number of anilines is 1. The predicted octanol–water partition coefficient (Wildman–Crippen LogP) is 2.25. The van der Waals surface area contributed by atoms with E-state index < -0.39 is 0 Å². The normalized spacial score (nSPS) is 15.4. The van der Waals surface area contributed by atoms with Crippen LogP contribution in [-0.2, 0) is 0 Å². The molecule has 0 unspecified atom stereocenters. The molecule has 1 aliphatic heterocycles. The molecule has 58 valence electrons. The van der Waals surface area contributed by atoms with Gasteiger partial charge >= 0.3 is 0 Å². The lowest BCUT2D eigenvalue weighted by molar-refractivity contribution is 1.10. The van der Waals surface area contributed by atoms with Crippen molar-refractivity contribution in [3.63, 3.8) is 0 Å². The topological polar surface area (TPSA) is 24.9 Å². The number of pyridine rings is 1. The quantitative estimate of drug-likeness (QED) is 0.673. The summed E-state index contributed by atoms with van der Waals surface area (Å²) in [6.07, 6.45) is 1.67. The summed E-state index contributed by atoms with van der Waals surface area (Å²) in [5, 5.41) is 3.91. The van der Waals surface area contributed by atoms with Crippen LogP contribution in [0.5, 0.6) is 0 Å². The first kappa shape index (κ1) is 7.25. The zero-order valence-corrected chi connectivity index (χ0v) is 7.37. The molecule has 1 aliphatic rings. The van der Waals surface area contributed by atoms with E-state index >= 15 is 0 Å². The minimum atomic E-state index is 0.708. The fraction of sp³-hybridized carbons (Fsp3) is 0.286. The minimum Gasteiger partial charge on any atom is -0.368 e. The molecular formula is C7H7ClN2S. The molecule has 1 N–H and O–H groups in total. The van der Waals surface area contributed by atoms with Gasteiger partial charge in [0.2, 0.25) is 0 Å². The lowest BCUT2D eigenvalue weighted by Gasteiger charge is -2.15. The van der Waals surface area contributed by atoms with Gasteiger partial charge in [0.1, 0.15) is 5.82 Å². The number of aromatic nitrogens is 1.